The number of ether oxygens (including phenoxy) is 2. The van der Waals surface area contributed by atoms with Crippen molar-refractivity contribution in [1.29, 1.82) is 0 Å². The summed E-state index contributed by atoms with van der Waals surface area (Å²) in [7, 11) is 0. The Morgan fingerprint density at radius 3 is 0.882 bits per heavy atom. The molecule has 68 heavy (non-hydrogen) atoms. The van der Waals surface area contributed by atoms with E-state index in [9.17, 15) is 14.7 Å². The maximum atomic E-state index is 12.3. The third-order valence-electron chi connectivity index (χ3n) is 11.1. The summed E-state index contributed by atoms with van der Waals surface area (Å²) >= 11 is 0. The van der Waals surface area contributed by atoms with Crippen LogP contribution in [0.1, 0.15) is 219 Å². The molecule has 0 radical (unpaired) electrons. The first kappa shape index (κ1) is 63.8. The van der Waals surface area contributed by atoms with Crippen molar-refractivity contribution < 1.29 is 24.2 Å². The smallest absolute Gasteiger partial charge is 0.306 e. The molecular formula is C63H100O5. The van der Waals surface area contributed by atoms with Crippen LogP contribution in [0.5, 0.6) is 0 Å². The predicted molar refractivity (Wildman–Crippen MR) is 297 cm³/mol. The fraction of sp³-hybridized carbons (Fsp3) is 0.587. The van der Waals surface area contributed by atoms with E-state index >= 15 is 0 Å². The quantitative estimate of drug-likeness (QED) is 0.0374. The van der Waals surface area contributed by atoms with E-state index in [-0.39, 0.29) is 25.2 Å². The van der Waals surface area contributed by atoms with Crippen LogP contribution >= 0.6 is 0 Å². The van der Waals surface area contributed by atoms with Crippen molar-refractivity contribution in [3.63, 3.8) is 0 Å². The molecule has 0 amide bonds. The summed E-state index contributed by atoms with van der Waals surface area (Å²) in [6, 6.07) is 0. The number of carbonyl (C=O) groups is 2. The van der Waals surface area contributed by atoms with E-state index in [2.05, 4.69) is 160 Å². The Morgan fingerprint density at radius 2 is 0.588 bits per heavy atom. The van der Waals surface area contributed by atoms with Gasteiger partial charge in [0.2, 0.25) is 0 Å². The second-order valence-electron chi connectivity index (χ2n) is 17.5. The van der Waals surface area contributed by atoms with Crippen molar-refractivity contribution in [3.05, 3.63) is 146 Å². The number of rotatable bonds is 48. The Balaban J connectivity index is 3.61. The van der Waals surface area contributed by atoms with E-state index in [1.54, 1.807) is 0 Å². The maximum absolute atomic E-state index is 12.3. The van der Waals surface area contributed by atoms with Gasteiger partial charge in [-0.15, -0.1) is 0 Å². The van der Waals surface area contributed by atoms with Crippen LogP contribution in [0.25, 0.3) is 0 Å². The Labute approximate surface area is 418 Å². The largest absolute Gasteiger partial charge is 0.462 e. The zero-order chi connectivity index (χ0) is 49.2. The van der Waals surface area contributed by atoms with E-state index in [0.29, 0.717) is 12.8 Å². The molecule has 0 spiro atoms. The van der Waals surface area contributed by atoms with Gasteiger partial charge in [0, 0.05) is 12.8 Å². The van der Waals surface area contributed by atoms with Crippen LogP contribution in [-0.2, 0) is 19.1 Å². The Bertz CT molecular complexity index is 1480. The molecule has 0 rings (SSSR count). The van der Waals surface area contributed by atoms with Crippen LogP contribution in [0.3, 0.4) is 0 Å². The maximum Gasteiger partial charge on any atom is 0.306 e. The topological polar surface area (TPSA) is 72.8 Å². The lowest BCUT2D eigenvalue weighted by Crippen LogP contribution is -2.28. The van der Waals surface area contributed by atoms with Crippen molar-refractivity contribution in [2.75, 3.05) is 13.2 Å². The van der Waals surface area contributed by atoms with Gasteiger partial charge in [0.15, 0.2) is 6.10 Å². The van der Waals surface area contributed by atoms with Gasteiger partial charge in [-0.3, -0.25) is 9.59 Å². The Morgan fingerprint density at radius 1 is 0.338 bits per heavy atom. The molecule has 0 saturated heterocycles. The second kappa shape index (κ2) is 57.1. The lowest BCUT2D eigenvalue weighted by Gasteiger charge is -2.15. The Kier molecular flexibility index (Phi) is 53.6. The number of allylic oxidation sites excluding steroid dienone is 24. The first-order chi connectivity index (χ1) is 33.6. The summed E-state index contributed by atoms with van der Waals surface area (Å²) in [6.07, 6.45) is 86.6. The van der Waals surface area contributed by atoms with Gasteiger partial charge in [-0.1, -0.05) is 237 Å². The summed E-state index contributed by atoms with van der Waals surface area (Å²) < 4.78 is 10.7. The number of esters is 2. The molecule has 5 nitrogen and oxygen atoms in total. The number of hydrogen-bond donors (Lipinski definition) is 1. The average molecular weight is 937 g/mol. The van der Waals surface area contributed by atoms with Gasteiger partial charge in [-0.05, 0) is 116 Å². The highest BCUT2D eigenvalue weighted by molar-refractivity contribution is 5.70. The zero-order valence-electron chi connectivity index (χ0n) is 43.6. The Hall–Kier alpha value is -4.22. The van der Waals surface area contributed by atoms with Crippen molar-refractivity contribution in [1.82, 2.24) is 0 Å². The molecule has 0 saturated carbocycles. The molecule has 0 aliphatic rings. The predicted octanol–water partition coefficient (Wildman–Crippen LogP) is 18.6. The van der Waals surface area contributed by atoms with Gasteiger partial charge in [0.05, 0.1) is 6.61 Å². The molecule has 1 N–H and O–H groups in total. The molecule has 0 aromatic carbocycles. The van der Waals surface area contributed by atoms with E-state index < -0.39 is 6.10 Å². The molecular weight excluding hydrogens is 837 g/mol. The molecule has 1 unspecified atom stereocenters. The number of unbranched alkanes of at least 4 members (excludes halogenated alkanes) is 16. The molecule has 0 aliphatic carbocycles. The fourth-order valence-electron chi connectivity index (χ4n) is 7.09. The summed E-state index contributed by atoms with van der Waals surface area (Å²) in [5.41, 5.74) is 0. The molecule has 0 aromatic rings. The second-order valence-corrected chi connectivity index (χ2v) is 17.5. The minimum absolute atomic E-state index is 0.0853. The van der Waals surface area contributed by atoms with Crippen LogP contribution in [0, 0.1) is 0 Å². The van der Waals surface area contributed by atoms with Crippen molar-refractivity contribution in [2.24, 2.45) is 0 Å². The van der Waals surface area contributed by atoms with E-state index in [0.717, 1.165) is 135 Å². The number of carbonyl (C=O) groups excluding carboxylic acids is 2. The third kappa shape index (κ3) is 54.4. The number of aliphatic hydroxyl groups excluding tert-OH is 1. The summed E-state index contributed by atoms with van der Waals surface area (Å²) in [4.78, 5) is 24.5. The number of hydrogen-bond acceptors (Lipinski definition) is 5. The van der Waals surface area contributed by atoms with Crippen molar-refractivity contribution >= 4 is 11.9 Å². The van der Waals surface area contributed by atoms with Gasteiger partial charge in [-0.25, -0.2) is 0 Å². The summed E-state index contributed by atoms with van der Waals surface area (Å²) in [5.74, 6) is -0.626. The monoisotopic (exact) mass is 937 g/mol. The molecule has 0 aliphatic heterocycles. The van der Waals surface area contributed by atoms with Crippen LogP contribution in [0.2, 0.25) is 0 Å². The van der Waals surface area contributed by atoms with Gasteiger partial charge < -0.3 is 14.6 Å². The SMILES string of the molecule is CC/C=C\C/C=C\C/C=C\C/C=C\C/C=C\C/C=C\C/C=C\CCCCCCCC(=O)OC(CO)COC(=O)CCCCCCCCCCCCC/C=C\C/C=C\C/C=C\C/C=C\C/C=C\CC. The highest BCUT2D eigenvalue weighted by Gasteiger charge is 2.16. The van der Waals surface area contributed by atoms with Crippen molar-refractivity contribution in [2.45, 2.75) is 225 Å². The highest BCUT2D eigenvalue weighted by atomic mass is 16.6. The molecule has 0 aromatic heterocycles. The van der Waals surface area contributed by atoms with E-state index in [1.165, 1.54) is 57.8 Å². The third-order valence-corrected chi connectivity index (χ3v) is 11.1. The van der Waals surface area contributed by atoms with Gasteiger partial charge >= 0.3 is 11.9 Å². The van der Waals surface area contributed by atoms with Crippen LogP contribution in [0.4, 0.5) is 0 Å². The van der Waals surface area contributed by atoms with Gasteiger partial charge in [0.25, 0.3) is 0 Å². The minimum Gasteiger partial charge on any atom is -0.462 e. The lowest BCUT2D eigenvalue weighted by atomic mass is 10.0. The number of aliphatic hydroxyl groups is 1. The standard InChI is InChI=1S/C63H100O5/c1-3-5-7-9-11-13-15-17-19-21-23-25-27-29-31-33-35-37-39-41-43-45-47-49-51-53-55-57-62(65)67-60-61(59-64)68-63(66)58-56-54-52-50-48-46-44-42-40-38-36-34-32-30-28-26-24-22-20-18-16-14-12-10-8-6-4-2/h5-8,11-14,17-20,23-26,29-32,36,38,42,44,61,64H,3-4,9-10,15-16,21-22,27-28,33-35,37,39-41,43,45-60H2,1-2H3/b7-5-,8-6-,13-11-,14-12-,19-17-,20-18-,25-23-,26-24-,31-29-,32-30-,38-36-,44-42-. The summed E-state index contributed by atoms with van der Waals surface area (Å²) in [6.45, 7) is 3.89. The summed E-state index contributed by atoms with van der Waals surface area (Å²) in [5, 5.41) is 9.65. The fourth-order valence-corrected chi connectivity index (χ4v) is 7.09. The molecule has 5 heteroatoms. The molecule has 0 fully saturated rings. The average Bonchev–Trinajstić information content (AvgIpc) is 3.34. The molecule has 0 heterocycles. The van der Waals surface area contributed by atoms with Crippen molar-refractivity contribution in [3.8, 4) is 0 Å². The normalized spacial score (nSPS) is 13.4. The van der Waals surface area contributed by atoms with Gasteiger partial charge in [-0.2, -0.15) is 0 Å². The molecule has 1 atom stereocenters. The first-order valence-electron chi connectivity index (χ1n) is 27.4. The lowest BCUT2D eigenvalue weighted by molar-refractivity contribution is -0.161. The van der Waals surface area contributed by atoms with Crippen LogP contribution in [0.15, 0.2) is 146 Å². The van der Waals surface area contributed by atoms with E-state index in [4.69, 9.17) is 9.47 Å². The minimum atomic E-state index is -0.796. The first-order valence-corrected chi connectivity index (χ1v) is 27.4. The molecule has 382 valence electrons. The van der Waals surface area contributed by atoms with E-state index in [1.807, 2.05) is 0 Å². The van der Waals surface area contributed by atoms with Gasteiger partial charge in [0.1, 0.15) is 6.61 Å². The van der Waals surface area contributed by atoms with Crippen LogP contribution < -0.4 is 0 Å². The molecule has 0 bridgehead atoms. The zero-order valence-corrected chi connectivity index (χ0v) is 43.6. The van der Waals surface area contributed by atoms with Crippen LogP contribution in [-0.4, -0.2) is 36.4 Å². The highest BCUT2D eigenvalue weighted by Crippen LogP contribution is 2.14.